The molecule has 0 radical (unpaired) electrons. The summed E-state index contributed by atoms with van der Waals surface area (Å²) in [4.78, 5) is 14.0. The van der Waals surface area contributed by atoms with Crippen LogP contribution in [0.5, 0.6) is 11.5 Å². The van der Waals surface area contributed by atoms with Crippen LogP contribution >= 0.6 is 0 Å². The van der Waals surface area contributed by atoms with Gasteiger partial charge >= 0.3 is 5.97 Å². The van der Waals surface area contributed by atoms with Gasteiger partial charge in [0, 0.05) is 24.2 Å². The minimum Gasteiger partial charge on any atom is -0.493 e. The molecule has 0 aliphatic carbocycles. The fourth-order valence-electron chi connectivity index (χ4n) is 3.78. The molecule has 29 heavy (non-hydrogen) atoms. The van der Waals surface area contributed by atoms with Crippen LogP contribution in [0.4, 0.5) is 5.69 Å². The summed E-state index contributed by atoms with van der Waals surface area (Å²) in [6.45, 7) is 0.899. The summed E-state index contributed by atoms with van der Waals surface area (Å²) >= 11 is 0. The molecule has 0 saturated heterocycles. The van der Waals surface area contributed by atoms with E-state index in [4.69, 9.17) is 9.47 Å². The van der Waals surface area contributed by atoms with Gasteiger partial charge in [-0.25, -0.2) is 4.79 Å². The van der Waals surface area contributed by atoms with Crippen molar-refractivity contribution in [1.82, 2.24) is 0 Å². The summed E-state index contributed by atoms with van der Waals surface area (Å²) < 4.78 is 11.7. The Balaban J connectivity index is 1.70. The largest absolute Gasteiger partial charge is 0.493 e. The Morgan fingerprint density at radius 2 is 1.72 bits per heavy atom. The Kier molecular flexibility index (Phi) is 5.38. The third-order valence-corrected chi connectivity index (χ3v) is 5.25. The normalized spacial score (nSPS) is 15.5. The lowest BCUT2D eigenvalue weighted by atomic mass is 9.92. The average Bonchev–Trinajstić information content (AvgIpc) is 2.77. The van der Waals surface area contributed by atoms with Crippen molar-refractivity contribution in [2.24, 2.45) is 0 Å². The number of hydrogen-bond acceptors (Lipinski definition) is 4. The Morgan fingerprint density at radius 1 is 1.03 bits per heavy atom. The standard InChI is InChI=1S/C24H23NO4/c1-28-22-13-12-18-15-25(19-10-6-3-7-11-19)21(24(26)27)14-20(18)23(22)29-16-17-8-4-2-5-9-17/h2-13,21H,14-16H2,1H3,(H,26,27). The van der Waals surface area contributed by atoms with Gasteiger partial charge in [-0.15, -0.1) is 0 Å². The summed E-state index contributed by atoms with van der Waals surface area (Å²) in [5, 5.41) is 9.91. The predicted molar refractivity (Wildman–Crippen MR) is 112 cm³/mol. The van der Waals surface area contributed by atoms with Crippen molar-refractivity contribution in [3.8, 4) is 11.5 Å². The van der Waals surface area contributed by atoms with Gasteiger partial charge in [-0.05, 0) is 29.3 Å². The molecule has 148 valence electrons. The van der Waals surface area contributed by atoms with E-state index in [-0.39, 0.29) is 0 Å². The van der Waals surface area contributed by atoms with E-state index < -0.39 is 12.0 Å². The smallest absolute Gasteiger partial charge is 0.326 e. The van der Waals surface area contributed by atoms with E-state index in [2.05, 4.69) is 0 Å². The number of aliphatic carboxylic acids is 1. The van der Waals surface area contributed by atoms with Crippen LogP contribution in [0.2, 0.25) is 0 Å². The molecule has 0 saturated carbocycles. The summed E-state index contributed by atoms with van der Waals surface area (Å²) in [6, 6.07) is 22.8. The van der Waals surface area contributed by atoms with Crippen LogP contribution in [0.1, 0.15) is 16.7 Å². The number of carbonyl (C=O) groups is 1. The van der Waals surface area contributed by atoms with Gasteiger partial charge in [0.2, 0.25) is 0 Å². The molecule has 0 spiro atoms. The monoisotopic (exact) mass is 389 g/mol. The highest BCUT2D eigenvalue weighted by atomic mass is 16.5. The number of methoxy groups -OCH3 is 1. The van der Waals surface area contributed by atoms with E-state index in [1.807, 2.05) is 77.7 Å². The van der Waals surface area contributed by atoms with Crippen LogP contribution in [-0.2, 0) is 24.4 Å². The zero-order valence-corrected chi connectivity index (χ0v) is 16.2. The quantitative estimate of drug-likeness (QED) is 0.682. The van der Waals surface area contributed by atoms with Crippen molar-refractivity contribution in [3.05, 3.63) is 89.5 Å². The van der Waals surface area contributed by atoms with Crippen molar-refractivity contribution in [3.63, 3.8) is 0 Å². The second-order valence-corrected chi connectivity index (χ2v) is 7.03. The number of carboxylic acid groups (broad SMARTS) is 1. The lowest BCUT2D eigenvalue weighted by Crippen LogP contribution is -2.45. The minimum atomic E-state index is -0.851. The van der Waals surface area contributed by atoms with Crippen LogP contribution in [0.3, 0.4) is 0 Å². The highest BCUT2D eigenvalue weighted by Gasteiger charge is 2.34. The maximum absolute atomic E-state index is 12.1. The second-order valence-electron chi connectivity index (χ2n) is 7.03. The zero-order chi connectivity index (χ0) is 20.2. The van der Waals surface area contributed by atoms with Gasteiger partial charge in [0.1, 0.15) is 12.6 Å². The van der Waals surface area contributed by atoms with E-state index in [0.29, 0.717) is 31.1 Å². The van der Waals surface area contributed by atoms with Crippen LogP contribution < -0.4 is 14.4 Å². The molecule has 5 nitrogen and oxygen atoms in total. The first-order valence-corrected chi connectivity index (χ1v) is 9.57. The topological polar surface area (TPSA) is 59.0 Å². The van der Waals surface area contributed by atoms with Crippen molar-refractivity contribution in [2.75, 3.05) is 12.0 Å². The second kappa shape index (κ2) is 8.27. The van der Waals surface area contributed by atoms with Crippen molar-refractivity contribution < 1.29 is 19.4 Å². The van der Waals surface area contributed by atoms with Crippen LogP contribution in [0.15, 0.2) is 72.8 Å². The minimum absolute atomic E-state index is 0.348. The maximum Gasteiger partial charge on any atom is 0.326 e. The maximum atomic E-state index is 12.1. The number of benzene rings is 3. The molecule has 1 unspecified atom stereocenters. The molecule has 1 N–H and O–H groups in total. The molecule has 1 atom stereocenters. The van der Waals surface area contributed by atoms with Gasteiger partial charge in [0.15, 0.2) is 11.5 Å². The lowest BCUT2D eigenvalue weighted by molar-refractivity contribution is -0.138. The summed E-state index contributed by atoms with van der Waals surface area (Å²) in [5.41, 5.74) is 3.90. The first kappa shape index (κ1) is 18.9. The van der Waals surface area contributed by atoms with Crippen LogP contribution in [-0.4, -0.2) is 24.2 Å². The molecule has 5 heteroatoms. The number of para-hydroxylation sites is 1. The number of nitrogens with zero attached hydrogens (tertiary/aromatic N) is 1. The number of hydrogen-bond donors (Lipinski definition) is 1. The van der Waals surface area contributed by atoms with E-state index in [1.54, 1.807) is 7.11 Å². The van der Waals surface area contributed by atoms with E-state index in [0.717, 1.165) is 22.4 Å². The third-order valence-electron chi connectivity index (χ3n) is 5.25. The fraction of sp³-hybridized carbons (Fsp3) is 0.208. The van der Waals surface area contributed by atoms with Crippen molar-refractivity contribution in [2.45, 2.75) is 25.6 Å². The van der Waals surface area contributed by atoms with Crippen molar-refractivity contribution >= 4 is 11.7 Å². The first-order valence-electron chi connectivity index (χ1n) is 9.57. The van der Waals surface area contributed by atoms with E-state index in [1.165, 1.54) is 0 Å². The summed E-state index contributed by atoms with van der Waals surface area (Å²) in [5.74, 6) is 0.404. The van der Waals surface area contributed by atoms with Gasteiger partial charge in [-0.3, -0.25) is 0 Å². The highest BCUT2D eigenvalue weighted by molar-refractivity contribution is 5.80. The van der Waals surface area contributed by atoms with E-state index in [9.17, 15) is 9.90 Å². The average molecular weight is 389 g/mol. The van der Waals surface area contributed by atoms with Crippen LogP contribution in [0, 0.1) is 0 Å². The Hall–Kier alpha value is -3.47. The molecule has 4 rings (SSSR count). The Morgan fingerprint density at radius 3 is 2.38 bits per heavy atom. The number of carboxylic acids is 1. The molecule has 0 amide bonds. The number of rotatable bonds is 6. The van der Waals surface area contributed by atoms with Gasteiger partial charge in [-0.2, -0.15) is 0 Å². The first-order chi connectivity index (χ1) is 14.2. The molecule has 1 heterocycles. The van der Waals surface area contributed by atoms with Gasteiger partial charge < -0.3 is 19.5 Å². The fourth-order valence-corrected chi connectivity index (χ4v) is 3.78. The third kappa shape index (κ3) is 3.90. The van der Waals surface area contributed by atoms with Gasteiger partial charge in [0.05, 0.1) is 7.11 Å². The number of ether oxygens (including phenoxy) is 2. The van der Waals surface area contributed by atoms with Crippen LogP contribution in [0.25, 0.3) is 0 Å². The molecule has 1 aliphatic heterocycles. The highest BCUT2D eigenvalue weighted by Crippen LogP contribution is 2.39. The summed E-state index contributed by atoms with van der Waals surface area (Å²) in [6.07, 6.45) is 0.348. The SMILES string of the molecule is COc1ccc2c(c1OCc1ccccc1)CC(C(=O)O)N(c1ccccc1)C2. The van der Waals surface area contributed by atoms with Crippen molar-refractivity contribution in [1.29, 1.82) is 0 Å². The molecule has 3 aromatic carbocycles. The molecule has 1 aliphatic rings. The Bertz CT molecular complexity index is 989. The zero-order valence-electron chi connectivity index (χ0n) is 16.2. The molecule has 3 aromatic rings. The lowest BCUT2D eigenvalue weighted by Gasteiger charge is -2.37. The van der Waals surface area contributed by atoms with E-state index >= 15 is 0 Å². The molecular formula is C24H23NO4. The predicted octanol–water partition coefficient (Wildman–Crippen LogP) is 4.29. The van der Waals surface area contributed by atoms with Gasteiger partial charge in [-0.1, -0.05) is 54.6 Å². The van der Waals surface area contributed by atoms with Gasteiger partial charge in [0.25, 0.3) is 0 Å². The molecule has 0 aromatic heterocycles. The Labute approximate surface area is 170 Å². The molecule has 0 fully saturated rings. The summed E-state index contributed by atoms with van der Waals surface area (Å²) in [7, 11) is 1.60. The molecule has 0 bridgehead atoms. The number of anilines is 1. The molecular weight excluding hydrogens is 366 g/mol. The number of fused-ring (bicyclic) bond motifs is 1.